The van der Waals surface area contributed by atoms with Crippen LogP contribution in [0.1, 0.15) is 46.0 Å². The minimum atomic E-state index is -4.54. The highest BCUT2D eigenvalue weighted by atomic mass is 32.2. The molecule has 21 heavy (non-hydrogen) atoms. The van der Waals surface area contributed by atoms with E-state index in [0.717, 1.165) is 26.7 Å². The predicted octanol–water partition coefficient (Wildman–Crippen LogP) is 1.34. The maximum absolute atomic E-state index is 12.2. The molecule has 4 bridgehead atoms. The minimum absolute atomic E-state index is 0.0575. The van der Waals surface area contributed by atoms with Crippen LogP contribution < -0.4 is 0 Å². The van der Waals surface area contributed by atoms with E-state index in [1.165, 1.54) is 0 Å². The van der Waals surface area contributed by atoms with Gasteiger partial charge < -0.3 is 4.74 Å². The van der Waals surface area contributed by atoms with Gasteiger partial charge in [0.2, 0.25) is 0 Å². The van der Waals surface area contributed by atoms with Crippen LogP contribution in [0.3, 0.4) is 0 Å². The van der Waals surface area contributed by atoms with Gasteiger partial charge in [-0.1, -0.05) is 0 Å². The van der Waals surface area contributed by atoms with Crippen LogP contribution in [0.4, 0.5) is 0 Å². The Hall–Kier alpha value is -0.950. The molecule has 0 aromatic carbocycles. The van der Waals surface area contributed by atoms with E-state index in [2.05, 4.69) is 0 Å². The lowest BCUT2D eigenvalue weighted by Gasteiger charge is -2.54. The highest BCUT2D eigenvalue weighted by Gasteiger charge is 2.58. The number of carbonyl (C=O) groups is 2. The first-order valence-electron chi connectivity index (χ1n) is 7.28. The second-order valence-corrected chi connectivity index (χ2v) is 9.27. The Bertz CT molecular complexity index is 587. The number of Topliss-reactive ketones (excluding diaryl/α,β-unsaturated/α-hetero) is 1. The van der Waals surface area contributed by atoms with Crippen LogP contribution in [0.2, 0.25) is 0 Å². The zero-order valence-corrected chi connectivity index (χ0v) is 13.0. The molecule has 0 saturated heterocycles. The highest BCUT2D eigenvalue weighted by Crippen LogP contribution is 2.55. The standard InChI is InChI=1S/C14H20O6S/c1-13(2,21(17,18)19)12(16)20-14-5-8-3-9(6-14)11(15)10(4-8)7-14/h8-10H,3-7H2,1-2H3,(H,17,18,19). The van der Waals surface area contributed by atoms with Crippen molar-refractivity contribution >= 4 is 21.9 Å². The Morgan fingerprint density at radius 3 is 2.24 bits per heavy atom. The largest absolute Gasteiger partial charge is 0.458 e. The second kappa shape index (κ2) is 4.29. The van der Waals surface area contributed by atoms with Crippen LogP contribution >= 0.6 is 0 Å². The fourth-order valence-corrected chi connectivity index (χ4v) is 4.48. The van der Waals surface area contributed by atoms with Gasteiger partial charge in [0.05, 0.1) is 0 Å². The van der Waals surface area contributed by atoms with E-state index in [0.29, 0.717) is 25.2 Å². The Morgan fingerprint density at radius 1 is 1.24 bits per heavy atom. The molecular formula is C14H20O6S. The Morgan fingerprint density at radius 2 is 1.76 bits per heavy atom. The first-order chi connectivity index (χ1) is 9.54. The monoisotopic (exact) mass is 316 g/mol. The summed E-state index contributed by atoms with van der Waals surface area (Å²) in [5.74, 6) is -0.399. The molecule has 4 fully saturated rings. The van der Waals surface area contributed by atoms with Crippen molar-refractivity contribution < 1.29 is 27.3 Å². The van der Waals surface area contributed by atoms with E-state index in [4.69, 9.17) is 4.74 Å². The normalized spacial score (nSPS) is 38.6. The third-order valence-electron chi connectivity index (χ3n) is 5.38. The Kier molecular flexibility index (Phi) is 3.05. The molecule has 0 aromatic rings. The highest BCUT2D eigenvalue weighted by molar-refractivity contribution is 7.88. The lowest BCUT2D eigenvalue weighted by atomic mass is 9.53. The molecule has 0 amide bonds. The van der Waals surface area contributed by atoms with E-state index in [1.54, 1.807) is 0 Å². The third kappa shape index (κ3) is 2.21. The van der Waals surface area contributed by atoms with Crippen LogP contribution in [-0.2, 0) is 24.4 Å². The van der Waals surface area contributed by atoms with Gasteiger partial charge in [-0.3, -0.25) is 14.1 Å². The summed E-state index contributed by atoms with van der Waals surface area (Å²) in [6.45, 7) is 2.27. The van der Waals surface area contributed by atoms with Crippen LogP contribution in [-0.4, -0.2) is 35.1 Å². The molecule has 0 aliphatic heterocycles. The number of rotatable bonds is 3. The number of hydrogen-bond acceptors (Lipinski definition) is 5. The van der Waals surface area contributed by atoms with Gasteiger partial charge in [0.25, 0.3) is 10.1 Å². The molecular weight excluding hydrogens is 296 g/mol. The van der Waals surface area contributed by atoms with Crippen molar-refractivity contribution in [1.82, 2.24) is 0 Å². The summed E-state index contributed by atoms with van der Waals surface area (Å²) < 4.78 is 35.4. The lowest BCUT2D eigenvalue weighted by Crippen LogP contribution is -2.58. The molecule has 0 radical (unpaired) electrons. The summed E-state index contributed by atoms with van der Waals surface area (Å²) in [7, 11) is -4.54. The van der Waals surface area contributed by atoms with Crippen LogP contribution in [0.5, 0.6) is 0 Å². The number of hydrogen-bond donors (Lipinski definition) is 1. The maximum atomic E-state index is 12.2. The van der Waals surface area contributed by atoms with Crippen molar-refractivity contribution in [3.63, 3.8) is 0 Å². The molecule has 4 saturated carbocycles. The summed E-state index contributed by atoms with van der Waals surface area (Å²) in [5, 5.41) is 0. The van der Waals surface area contributed by atoms with E-state index in [9.17, 15) is 22.6 Å². The maximum Gasteiger partial charge on any atom is 0.329 e. The average molecular weight is 316 g/mol. The van der Waals surface area contributed by atoms with Crippen LogP contribution in [0, 0.1) is 17.8 Å². The van der Waals surface area contributed by atoms with Gasteiger partial charge in [-0.2, -0.15) is 8.42 Å². The SMILES string of the molecule is CC(C)(C(=O)OC12CC3CC(C1)C(=O)C(C3)C2)S(=O)(=O)O. The molecule has 6 nitrogen and oxygen atoms in total. The fourth-order valence-electron chi connectivity index (χ4n) is 4.23. The zero-order valence-electron chi connectivity index (χ0n) is 12.2. The molecule has 0 aromatic heterocycles. The number of ether oxygens (including phenoxy) is 1. The smallest absolute Gasteiger partial charge is 0.329 e. The summed E-state index contributed by atoms with van der Waals surface area (Å²) in [6.07, 6.45) is 3.39. The molecule has 118 valence electrons. The summed E-state index contributed by atoms with van der Waals surface area (Å²) in [5.41, 5.74) is -0.719. The lowest BCUT2D eigenvalue weighted by molar-refractivity contribution is -0.191. The van der Waals surface area contributed by atoms with Gasteiger partial charge in [0.1, 0.15) is 11.4 Å². The van der Waals surface area contributed by atoms with E-state index in [-0.39, 0.29) is 17.6 Å². The molecule has 4 aliphatic carbocycles. The second-order valence-electron chi connectivity index (χ2n) is 7.30. The van der Waals surface area contributed by atoms with Crippen LogP contribution in [0.15, 0.2) is 0 Å². The Balaban J connectivity index is 1.83. The number of ketones is 1. The van der Waals surface area contributed by atoms with Gasteiger partial charge in [-0.15, -0.1) is 0 Å². The molecule has 0 spiro atoms. The van der Waals surface area contributed by atoms with E-state index < -0.39 is 26.4 Å². The van der Waals surface area contributed by atoms with Gasteiger partial charge in [0.15, 0.2) is 4.75 Å². The van der Waals surface area contributed by atoms with Gasteiger partial charge >= 0.3 is 5.97 Å². The third-order valence-corrected chi connectivity index (χ3v) is 6.84. The molecule has 2 unspecified atom stereocenters. The van der Waals surface area contributed by atoms with E-state index in [1.807, 2.05) is 0 Å². The molecule has 7 heteroatoms. The predicted molar refractivity (Wildman–Crippen MR) is 73.0 cm³/mol. The zero-order chi connectivity index (χ0) is 15.6. The fraction of sp³-hybridized carbons (Fsp3) is 0.857. The first-order valence-corrected chi connectivity index (χ1v) is 8.72. The topological polar surface area (TPSA) is 97.7 Å². The van der Waals surface area contributed by atoms with Crippen molar-refractivity contribution in [3.8, 4) is 0 Å². The number of carbonyl (C=O) groups excluding carboxylic acids is 2. The first kappa shape index (κ1) is 15.0. The molecule has 4 aliphatic rings. The molecule has 0 heterocycles. The Labute approximate surface area is 124 Å². The van der Waals surface area contributed by atoms with Gasteiger partial charge in [-0.25, -0.2) is 0 Å². The summed E-state index contributed by atoms with van der Waals surface area (Å²) in [6, 6.07) is 0. The van der Waals surface area contributed by atoms with Gasteiger partial charge in [-0.05, 0) is 51.9 Å². The van der Waals surface area contributed by atoms with Crippen molar-refractivity contribution in [2.75, 3.05) is 0 Å². The molecule has 1 N–H and O–H groups in total. The van der Waals surface area contributed by atoms with Crippen molar-refractivity contribution in [3.05, 3.63) is 0 Å². The minimum Gasteiger partial charge on any atom is -0.458 e. The average Bonchev–Trinajstić information content (AvgIpc) is 2.32. The summed E-state index contributed by atoms with van der Waals surface area (Å²) >= 11 is 0. The van der Waals surface area contributed by atoms with Crippen LogP contribution in [0.25, 0.3) is 0 Å². The molecule has 2 atom stereocenters. The van der Waals surface area contributed by atoms with Crippen molar-refractivity contribution in [2.24, 2.45) is 17.8 Å². The van der Waals surface area contributed by atoms with Gasteiger partial charge in [0, 0.05) is 11.8 Å². The summed E-state index contributed by atoms with van der Waals surface area (Å²) in [4.78, 5) is 24.3. The molecule has 4 rings (SSSR count). The van der Waals surface area contributed by atoms with Crippen molar-refractivity contribution in [1.29, 1.82) is 0 Å². The quantitative estimate of drug-likeness (QED) is 0.623. The van der Waals surface area contributed by atoms with Crippen molar-refractivity contribution in [2.45, 2.75) is 56.3 Å². The number of esters is 1. The van der Waals surface area contributed by atoms with E-state index >= 15 is 0 Å².